The number of nitro groups is 1. The van der Waals surface area contributed by atoms with Gasteiger partial charge in [0.15, 0.2) is 0 Å². The number of nitrogens with one attached hydrogen (secondary N) is 1. The summed E-state index contributed by atoms with van der Waals surface area (Å²) in [6.45, 7) is 4.97. The summed E-state index contributed by atoms with van der Waals surface area (Å²) >= 11 is 0. The number of carboxylic acids is 1. The van der Waals surface area contributed by atoms with Crippen LogP contribution in [0.1, 0.15) is 29.8 Å². The third kappa shape index (κ3) is 3.22. The minimum absolute atomic E-state index is 0.160. The monoisotopic (exact) mass is 262 g/mol. The molecular formula is C13H14N2O4. The van der Waals surface area contributed by atoms with Crippen molar-refractivity contribution in [2.45, 2.75) is 26.3 Å². The average molecular weight is 262 g/mol. The fraction of sp³-hybridized carbons (Fsp3) is 0.308. The predicted molar refractivity (Wildman–Crippen MR) is 71.3 cm³/mol. The largest absolute Gasteiger partial charge is 0.478 e. The van der Waals surface area contributed by atoms with Crippen molar-refractivity contribution in [3.63, 3.8) is 0 Å². The van der Waals surface area contributed by atoms with Crippen molar-refractivity contribution in [2.75, 3.05) is 5.32 Å². The van der Waals surface area contributed by atoms with E-state index in [1.807, 2.05) is 0 Å². The van der Waals surface area contributed by atoms with Gasteiger partial charge >= 0.3 is 5.97 Å². The molecule has 0 heterocycles. The van der Waals surface area contributed by atoms with Crippen molar-refractivity contribution >= 4 is 17.3 Å². The number of carboxylic acid groups (broad SMARTS) is 1. The molecule has 0 aliphatic heterocycles. The Hall–Kier alpha value is -2.55. The van der Waals surface area contributed by atoms with Crippen molar-refractivity contribution in [3.8, 4) is 12.3 Å². The summed E-state index contributed by atoms with van der Waals surface area (Å²) in [6.07, 6.45) is 5.34. The lowest BCUT2D eigenvalue weighted by Crippen LogP contribution is -2.29. The Labute approximate surface area is 110 Å². The lowest BCUT2D eigenvalue weighted by molar-refractivity contribution is -0.385. The van der Waals surface area contributed by atoms with Crippen molar-refractivity contribution < 1.29 is 14.8 Å². The van der Waals surface area contributed by atoms with E-state index in [-0.39, 0.29) is 11.3 Å². The molecule has 0 bridgehead atoms. The summed E-state index contributed by atoms with van der Waals surface area (Å²) in [5.74, 6) is 1.25. The second-order valence-corrected chi connectivity index (χ2v) is 4.62. The molecule has 1 aromatic carbocycles. The van der Waals surface area contributed by atoms with Gasteiger partial charge in [0.05, 0.1) is 16.0 Å². The molecule has 19 heavy (non-hydrogen) atoms. The minimum atomic E-state index is -1.23. The third-order valence-electron chi connectivity index (χ3n) is 2.63. The molecule has 0 radical (unpaired) electrons. The van der Waals surface area contributed by atoms with Crippen LogP contribution in [-0.4, -0.2) is 21.5 Å². The van der Waals surface area contributed by atoms with Crippen LogP contribution in [0.3, 0.4) is 0 Å². The highest BCUT2D eigenvalue weighted by Crippen LogP contribution is 2.29. The van der Waals surface area contributed by atoms with Gasteiger partial charge in [0, 0.05) is 17.3 Å². The molecule has 1 rings (SSSR count). The molecule has 0 saturated heterocycles. The van der Waals surface area contributed by atoms with E-state index in [0.29, 0.717) is 11.3 Å². The predicted octanol–water partition coefficient (Wildman–Crippen LogP) is 2.43. The van der Waals surface area contributed by atoms with Crippen LogP contribution in [0.2, 0.25) is 0 Å². The van der Waals surface area contributed by atoms with E-state index in [9.17, 15) is 14.9 Å². The zero-order valence-corrected chi connectivity index (χ0v) is 10.9. The summed E-state index contributed by atoms with van der Waals surface area (Å²) < 4.78 is 0. The van der Waals surface area contributed by atoms with Crippen molar-refractivity contribution in [1.29, 1.82) is 0 Å². The number of aromatic carboxylic acids is 1. The van der Waals surface area contributed by atoms with Crippen molar-refractivity contribution in [1.82, 2.24) is 0 Å². The number of benzene rings is 1. The Bertz CT molecular complexity index is 585. The SMILES string of the molecule is C#CC(C)(C)Nc1cc(C(=O)O)cc([N+](=O)[O-])c1C. The highest BCUT2D eigenvalue weighted by molar-refractivity contribution is 5.90. The molecule has 2 N–H and O–H groups in total. The average Bonchev–Trinajstić information content (AvgIpc) is 2.30. The van der Waals surface area contributed by atoms with Crippen LogP contribution in [-0.2, 0) is 0 Å². The summed E-state index contributed by atoms with van der Waals surface area (Å²) in [6, 6.07) is 2.37. The van der Waals surface area contributed by atoms with Crippen molar-refractivity contribution in [2.24, 2.45) is 0 Å². The lowest BCUT2D eigenvalue weighted by Gasteiger charge is -2.22. The van der Waals surface area contributed by atoms with Gasteiger partial charge in [-0.05, 0) is 26.8 Å². The van der Waals surface area contributed by atoms with E-state index in [0.717, 1.165) is 6.07 Å². The number of anilines is 1. The number of hydrogen-bond acceptors (Lipinski definition) is 4. The van der Waals surface area contributed by atoms with E-state index in [1.165, 1.54) is 6.07 Å². The zero-order chi connectivity index (χ0) is 14.8. The number of carbonyl (C=O) groups is 1. The van der Waals surface area contributed by atoms with Crippen LogP contribution in [0.15, 0.2) is 12.1 Å². The van der Waals surface area contributed by atoms with Crippen LogP contribution in [0.5, 0.6) is 0 Å². The summed E-state index contributed by atoms with van der Waals surface area (Å²) in [5.41, 5.74) is -0.467. The Morgan fingerprint density at radius 3 is 2.53 bits per heavy atom. The molecule has 1 aromatic rings. The summed E-state index contributed by atoms with van der Waals surface area (Å²) in [5, 5.41) is 22.8. The normalized spacial score (nSPS) is 10.6. The fourth-order valence-corrected chi connectivity index (χ4v) is 1.51. The smallest absolute Gasteiger partial charge is 0.336 e. The maximum Gasteiger partial charge on any atom is 0.336 e. The second-order valence-electron chi connectivity index (χ2n) is 4.62. The molecule has 0 saturated carbocycles. The quantitative estimate of drug-likeness (QED) is 0.494. The number of rotatable bonds is 4. The van der Waals surface area contributed by atoms with Crippen LogP contribution < -0.4 is 5.32 Å². The van der Waals surface area contributed by atoms with E-state index in [2.05, 4.69) is 11.2 Å². The fourth-order valence-electron chi connectivity index (χ4n) is 1.51. The molecule has 6 nitrogen and oxygen atoms in total. The van der Waals surface area contributed by atoms with Gasteiger partial charge in [0.25, 0.3) is 5.69 Å². The van der Waals surface area contributed by atoms with Crippen LogP contribution in [0.25, 0.3) is 0 Å². The number of nitro benzene ring substituents is 1. The van der Waals surface area contributed by atoms with E-state index in [4.69, 9.17) is 11.5 Å². The minimum Gasteiger partial charge on any atom is -0.478 e. The summed E-state index contributed by atoms with van der Waals surface area (Å²) in [4.78, 5) is 21.3. The zero-order valence-electron chi connectivity index (χ0n) is 10.9. The molecule has 6 heteroatoms. The number of nitrogens with zero attached hydrogens (tertiary/aromatic N) is 1. The van der Waals surface area contributed by atoms with Crippen LogP contribution in [0.4, 0.5) is 11.4 Å². The first kappa shape index (κ1) is 14.5. The van der Waals surface area contributed by atoms with Gasteiger partial charge in [-0.25, -0.2) is 4.79 Å². The first-order valence-corrected chi connectivity index (χ1v) is 5.46. The van der Waals surface area contributed by atoms with E-state index >= 15 is 0 Å². The van der Waals surface area contributed by atoms with Crippen LogP contribution in [0, 0.1) is 29.4 Å². The molecule has 0 spiro atoms. The Morgan fingerprint density at radius 1 is 1.53 bits per heavy atom. The molecule has 0 amide bonds. The van der Waals surface area contributed by atoms with Gasteiger partial charge in [0.1, 0.15) is 0 Å². The molecule has 100 valence electrons. The van der Waals surface area contributed by atoms with E-state index in [1.54, 1.807) is 20.8 Å². The first-order chi connectivity index (χ1) is 8.68. The van der Waals surface area contributed by atoms with Gasteiger partial charge in [-0.2, -0.15) is 0 Å². The second kappa shape index (κ2) is 4.98. The lowest BCUT2D eigenvalue weighted by atomic mass is 10.0. The number of terminal acetylenes is 1. The highest BCUT2D eigenvalue weighted by atomic mass is 16.6. The van der Waals surface area contributed by atoms with Crippen molar-refractivity contribution in [3.05, 3.63) is 33.4 Å². The van der Waals surface area contributed by atoms with Gasteiger partial charge in [0.2, 0.25) is 0 Å². The molecule has 0 atom stereocenters. The van der Waals surface area contributed by atoms with Gasteiger partial charge in [-0.3, -0.25) is 10.1 Å². The molecule has 0 aromatic heterocycles. The summed E-state index contributed by atoms with van der Waals surface area (Å²) in [7, 11) is 0. The maximum atomic E-state index is 11.0. The van der Waals surface area contributed by atoms with Crippen LogP contribution >= 0.6 is 0 Å². The molecule has 0 unspecified atom stereocenters. The third-order valence-corrected chi connectivity index (χ3v) is 2.63. The maximum absolute atomic E-state index is 11.0. The molecule has 0 aliphatic carbocycles. The number of hydrogen-bond donors (Lipinski definition) is 2. The van der Waals surface area contributed by atoms with Gasteiger partial charge < -0.3 is 10.4 Å². The Kier molecular flexibility index (Phi) is 3.80. The highest BCUT2D eigenvalue weighted by Gasteiger charge is 2.22. The first-order valence-electron chi connectivity index (χ1n) is 5.46. The molecule has 0 aliphatic rings. The molecule has 0 fully saturated rings. The topological polar surface area (TPSA) is 92.5 Å². The Morgan fingerprint density at radius 2 is 2.11 bits per heavy atom. The molecular weight excluding hydrogens is 248 g/mol. The standard InChI is InChI=1S/C13H14N2O4/c1-5-13(3,4)14-10-6-9(12(16)17)7-11(8(10)2)15(18)19/h1,6-7,14H,2-4H3,(H,16,17). The van der Waals surface area contributed by atoms with Gasteiger partial charge in [-0.1, -0.05) is 5.92 Å². The van der Waals surface area contributed by atoms with Gasteiger partial charge in [-0.15, -0.1) is 6.42 Å². The van der Waals surface area contributed by atoms with E-state index < -0.39 is 16.4 Å². The Balaban J connectivity index is 3.43.